The maximum absolute atomic E-state index is 12.9. The van der Waals surface area contributed by atoms with Crippen LogP contribution < -0.4 is 10.1 Å². The van der Waals surface area contributed by atoms with Crippen LogP contribution in [0.2, 0.25) is 0 Å². The monoisotopic (exact) mass is 432 g/mol. The number of aromatic nitrogens is 2. The number of para-hydroxylation sites is 2. The predicted octanol–water partition coefficient (Wildman–Crippen LogP) is 3.75. The number of carbonyl (C=O) groups is 2. The molecule has 7 nitrogen and oxygen atoms in total. The van der Waals surface area contributed by atoms with E-state index in [9.17, 15) is 9.59 Å². The summed E-state index contributed by atoms with van der Waals surface area (Å²) in [6.07, 6.45) is 4.54. The summed E-state index contributed by atoms with van der Waals surface area (Å²) in [5.41, 5.74) is 2.08. The van der Waals surface area contributed by atoms with Gasteiger partial charge in [-0.3, -0.25) is 9.59 Å². The molecule has 4 rings (SSSR count). The van der Waals surface area contributed by atoms with Crippen molar-refractivity contribution in [3.63, 3.8) is 0 Å². The molecule has 166 valence electrons. The normalized spacial score (nSPS) is 14.2. The maximum atomic E-state index is 12.9. The van der Waals surface area contributed by atoms with Gasteiger partial charge in [0.05, 0.1) is 11.7 Å². The van der Waals surface area contributed by atoms with E-state index < -0.39 is 0 Å². The van der Waals surface area contributed by atoms with Crippen molar-refractivity contribution in [2.24, 2.45) is 0 Å². The van der Waals surface area contributed by atoms with Crippen molar-refractivity contribution in [2.45, 2.75) is 32.2 Å². The summed E-state index contributed by atoms with van der Waals surface area (Å²) >= 11 is 0. The van der Waals surface area contributed by atoms with Crippen molar-refractivity contribution < 1.29 is 14.3 Å². The molecule has 1 aliphatic rings. The van der Waals surface area contributed by atoms with Crippen molar-refractivity contribution in [3.8, 4) is 11.4 Å². The molecule has 2 heterocycles. The molecular weight excluding hydrogens is 404 g/mol. The highest BCUT2D eigenvalue weighted by Crippen LogP contribution is 2.27. The molecule has 32 heavy (non-hydrogen) atoms. The molecule has 7 heteroatoms. The highest BCUT2D eigenvalue weighted by Gasteiger charge is 2.22. The zero-order valence-corrected chi connectivity index (χ0v) is 18.2. The molecule has 1 aliphatic heterocycles. The first-order valence-corrected chi connectivity index (χ1v) is 11.1. The second kappa shape index (κ2) is 10.1. The van der Waals surface area contributed by atoms with Crippen molar-refractivity contribution in [1.29, 1.82) is 0 Å². The first kappa shape index (κ1) is 21.6. The second-order valence-corrected chi connectivity index (χ2v) is 7.83. The molecule has 1 fully saturated rings. The topological polar surface area (TPSA) is 76.5 Å². The highest BCUT2D eigenvalue weighted by atomic mass is 16.5. The lowest BCUT2D eigenvalue weighted by molar-refractivity contribution is -0.132. The summed E-state index contributed by atoms with van der Waals surface area (Å²) in [7, 11) is 0. The van der Waals surface area contributed by atoms with E-state index in [0.717, 1.165) is 37.2 Å². The lowest BCUT2D eigenvalue weighted by Gasteiger charge is -2.21. The van der Waals surface area contributed by atoms with Gasteiger partial charge in [0.15, 0.2) is 12.3 Å². The lowest BCUT2D eigenvalue weighted by Crippen LogP contribution is -2.33. The van der Waals surface area contributed by atoms with Crippen LogP contribution in [0, 0.1) is 0 Å². The van der Waals surface area contributed by atoms with Gasteiger partial charge in [-0.15, -0.1) is 0 Å². The fourth-order valence-electron chi connectivity index (χ4n) is 3.90. The fourth-order valence-corrected chi connectivity index (χ4v) is 3.90. The van der Waals surface area contributed by atoms with Gasteiger partial charge < -0.3 is 15.0 Å². The van der Waals surface area contributed by atoms with Gasteiger partial charge in [0, 0.05) is 24.8 Å². The van der Waals surface area contributed by atoms with E-state index in [4.69, 9.17) is 4.74 Å². The Labute approximate surface area is 188 Å². The number of ether oxygens (including phenoxy) is 1. The molecule has 1 aromatic heterocycles. The second-order valence-electron chi connectivity index (χ2n) is 7.83. The van der Waals surface area contributed by atoms with Gasteiger partial charge in [0.1, 0.15) is 5.75 Å². The third-order valence-electron chi connectivity index (χ3n) is 5.66. The number of carbonyl (C=O) groups excluding carboxylic acids is 2. The molecule has 0 radical (unpaired) electrons. The lowest BCUT2D eigenvalue weighted by atomic mass is 10.0. The van der Waals surface area contributed by atoms with E-state index in [2.05, 4.69) is 10.4 Å². The number of likely N-dealkylation sites (tertiary alicyclic amines) is 1. The van der Waals surface area contributed by atoms with Crippen molar-refractivity contribution in [3.05, 3.63) is 78.1 Å². The van der Waals surface area contributed by atoms with Gasteiger partial charge in [-0.1, -0.05) is 43.3 Å². The van der Waals surface area contributed by atoms with Crippen LogP contribution in [-0.4, -0.2) is 46.2 Å². The summed E-state index contributed by atoms with van der Waals surface area (Å²) < 4.78 is 7.56. The van der Waals surface area contributed by atoms with E-state index in [1.807, 2.05) is 66.4 Å². The zero-order valence-electron chi connectivity index (χ0n) is 18.2. The Morgan fingerprint density at radius 3 is 2.50 bits per heavy atom. The SMILES string of the molecule is CCC(NC(=O)c1ccn(-c2ccccc2)n1)c1ccccc1OCC(=O)N1CCCC1. The smallest absolute Gasteiger partial charge is 0.272 e. The average Bonchev–Trinajstić information content (AvgIpc) is 3.54. The molecule has 0 saturated carbocycles. The van der Waals surface area contributed by atoms with Crippen molar-refractivity contribution in [1.82, 2.24) is 20.0 Å². The van der Waals surface area contributed by atoms with Gasteiger partial charge >= 0.3 is 0 Å². The van der Waals surface area contributed by atoms with Crippen LogP contribution in [0.5, 0.6) is 5.75 Å². The summed E-state index contributed by atoms with van der Waals surface area (Å²) in [5.74, 6) is 0.359. The minimum absolute atomic E-state index is 0.000777. The van der Waals surface area contributed by atoms with Crippen LogP contribution in [-0.2, 0) is 4.79 Å². The Morgan fingerprint density at radius 2 is 1.75 bits per heavy atom. The maximum Gasteiger partial charge on any atom is 0.272 e. The Bertz CT molecular complexity index is 1060. The number of rotatable bonds is 8. The molecule has 1 saturated heterocycles. The van der Waals surface area contributed by atoms with E-state index in [0.29, 0.717) is 17.9 Å². The van der Waals surface area contributed by atoms with Gasteiger partial charge in [-0.05, 0) is 43.5 Å². The van der Waals surface area contributed by atoms with Crippen LogP contribution in [0.1, 0.15) is 48.3 Å². The van der Waals surface area contributed by atoms with Gasteiger partial charge in [0.2, 0.25) is 0 Å². The quantitative estimate of drug-likeness (QED) is 0.588. The molecule has 1 N–H and O–H groups in total. The summed E-state index contributed by atoms with van der Waals surface area (Å²) in [4.78, 5) is 27.1. The van der Waals surface area contributed by atoms with E-state index in [-0.39, 0.29) is 24.5 Å². The Hall–Kier alpha value is -3.61. The third-order valence-corrected chi connectivity index (χ3v) is 5.66. The third kappa shape index (κ3) is 4.99. The number of amides is 2. The fraction of sp³-hybridized carbons (Fsp3) is 0.320. The molecule has 0 aliphatic carbocycles. The summed E-state index contributed by atoms with van der Waals surface area (Å²) in [5, 5.41) is 7.47. The molecular formula is C25H28N4O3. The largest absolute Gasteiger partial charge is 0.483 e. The van der Waals surface area contributed by atoms with Gasteiger partial charge in [-0.2, -0.15) is 5.10 Å². The first-order valence-electron chi connectivity index (χ1n) is 11.1. The summed E-state index contributed by atoms with van der Waals surface area (Å²) in [6, 6.07) is 18.6. The standard InChI is InChI=1S/C25H28N4O3/c1-2-21(26-25(31)22-14-17-29(27-22)19-10-4-3-5-11-19)20-12-6-7-13-23(20)32-18-24(30)28-15-8-9-16-28/h3-7,10-14,17,21H,2,8-9,15-16,18H2,1H3,(H,26,31). The van der Waals surface area contributed by atoms with E-state index in [1.165, 1.54) is 0 Å². The summed E-state index contributed by atoms with van der Waals surface area (Å²) in [6.45, 7) is 3.60. The van der Waals surface area contributed by atoms with Crippen LogP contribution in [0.15, 0.2) is 66.9 Å². The number of hydrogen-bond donors (Lipinski definition) is 1. The molecule has 1 atom stereocenters. The molecule has 2 aromatic carbocycles. The average molecular weight is 433 g/mol. The van der Waals surface area contributed by atoms with Crippen LogP contribution in [0.3, 0.4) is 0 Å². The number of nitrogens with one attached hydrogen (secondary N) is 1. The Balaban J connectivity index is 1.44. The molecule has 1 unspecified atom stereocenters. The van der Waals surface area contributed by atoms with Crippen LogP contribution in [0.25, 0.3) is 5.69 Å². The Kier molecular flexibility index (Phi) is 6.84. The highest BCUT2D eigenvalue weighted by molar-refractivity contribution is 5.92. The molecule has 0 spiro atoms. The number of benzene rings is 2. The minimum Gasteiger partial charge on any atom is -0.483 e. The first-order chi connectivity index (χ1) is 15.7. The minimum atomic E-state index is -0.262. The molecule has 3 aromatic rings. The van der Waals surface area contributed by atoms with Crippen LogP contribution in [0.4, 0.5) is 0 Å². The zero-order chi connectivity index (χ0) is 22.3. The van der Waals surface area contributed by atoms with E-state index in [1.54, 1.807) is 16.9 Å². The van der Waals surface area contributed by atoms with Gasteiger partial charge in [-0.25, -0.2) is 4.68 Å². The van der Waals surface area contributed by atoms with Crippen LogP contribution >= 0.6 is 0 Å². The van der Waals surface area contributed by atoms with Crippen molar-refractivity contribution in [2.75, 3.05) is 19.7 Å². The predicted molar refractivity (Wildman–Crippen MR) is 122 cm³/mol. The number of hydrogen-bond acceptors (Lipinski definition) is 4. The Morgan fingerprint density at radius 1 is 1.03 bits per heavy atom. The van der Waals surface area contributed by atoms with Gasteiger partial charge in [0.25, 0.3) is 11.8 Å². The van der Waals surface area contributed by atoms with E-state index >= 15 is 0 Å². The molecule has 2 amide bonds. The number of nitrogens with zero attached hydrogens (tertiary/aromatic N) is 3. The molecule has 0 bridgehead atoms. The van der Waals surface area contributed by atoms with Crippen molar-refractivity contribution >= 4 is 11.8 Å².